The fourth-order valence-corrected chi connectivity index (χ4v) is 3.94. The predicted octanol–water partition coefficient (Wildman–Crippen LogP) is 1.83. The van der Waals surface area contributed by atoms with E-state index >= 15 is 0 Å². The van der Waals surface area contributed by atoms with Crippen LogP contribution in [0.25, 0.3) is 0 Å². The van der Waals surface area contributed by atoms with Gasteiger partial charge in [0.2, 0.25) is 5.91 Å². The van der Waals surface area contributed by atoms with Crippen LogP contribution in [0.15, 0.2) is 0 Å². The first-order chi connectivity index (χ1) is 7.91. The minimum absolute atomic E-state index is 0.364. The number of nitrogens with zero attached hydrogens (tertiary/aromatic N) is 2. The van der Waals surface area contributed by atoms with Crippen molar-refractivity contribution >= 4 is 5.91 Å². The van der Waals surface area contributed by atoms with Crippen LogP contribution >= 0.6 is 0 Å². The van der Waals surface area contributed by atoms with Crippen molar-refractivity contribution in [2.75, 3.05) is 20.6 Å². The predicted molar refractivity (Wildman–Crippen MR) is 69.7 cm³/mol. The van der Waals surface area contributed by atoms with E-state index in [-0.39, 0.29) is 0 Å². The third-order valence-electron chi connectivity index (χ3n) is 4.58. The van der Waals surface area contributed by atoms with Crippen LogP contribution in [0.1, 0.15) is 33.6 Å². The number of rotatable bonds is 3. The molecule has 1 amide bonds. The maximum atomic E-state index is 12.1. The first kappa shape index (κ1) is 12.9. The summed E-state index contributed by atoms with van der Waals surface area (Å²) >= 11 is 0. The van der Waals surface area contributed by atoms with Gasteiger partial charge in [0.25, 0.3) is 0 Å². The van der Waals surface area contributed by atoms with Crippen LogP contribution in [0, 0.1) is 17.8 Å². The standard InChI is InChI=1S/C14H26N2O/c1-9(2)16-13-6-10(3)12(8-15(4)5)11(13)7-14(16)17/h9-13H,6-8H2,1-5H3/t10-,11-,12+,13+/m0/s1. The van der Waals surface area contributed by atoms with Gasteiger partial charge < -0.3 is 9.80 Å². The van der Waals surface area contributed by atoms with Gasteiger partial charge in [-0.15, -0.1) is 0 Å². The molecule has 1 saturated heterocycles. The van der Waals surface area contributed by atoms with E-state index in [1.165, 1.54) is 6.42 Å². The van der Waals surface area contributed by atoms with E-state index in [1.807, 2.05) is 0 Å². The highest BCUT2D eigenvalue weighted by atomic mass is 16.2. The normalized spacial score (nSPS) is 37.4. The molecule has 3 nitrogen and oxygen atoms in total. The van der Waals surface area contributed by atoms with Crippen molar-refractivity contribution in [1.29, 1.82) is 0 Å². The lowest BCUT2D eigenvalue weighted by atomic mass is 9.88. The summed E-state index contributed by atoms with van der Waals surface area (Å²) in [5.41, 5.74) is 0. The van der Waals surface area contributed by atoms with Crippen LogP contribution in [0.3, 0.4) is 0 Å². The Labute approximate surface area is 105 Å². The molecule has 17 heavy (non-hydrogen) atoms. The van der Waals surface area contributed by atoms with Gasteiger partial charge in [-0.05, 0) is 52.1 Å². The topological polar surface area (TPSA) is 23.6 Å². The zero-order chi connectivity index (χ0) is 12.7. The minimum Gasteiger partial charge on any atom is -0.337 e. The third kappa shape index (κ3) is 2.22. The third-order valence-corrected chi connectivity index (χ3v) is 4.58. The van der Waals surface area contributed by atoms with Gasteiger partial charge in [-0.3, -0.25) is 4.79 Å². The summed E-state index contributed by atoms with van der Waals surface area (Å²) < 4.78 is 0. The van der Waals surface area contributed by atoms with Crippen LogP contribution in [0.2, 0.25) is 0 Å². The van der Waals surface area contributed by atoms with Crippen molar-refractivity contribution in [3.8, 4) is 0 Å². The van der Waals surface area contributed by atoms with Crippen molar-refractivity contribution in [3.05, 3.63) is 0 Å². The van der Waals surface area contributed by atoms with Crippen molar-refractivity contribution in [2.45, 2.75) is 45.7 Å². The number of amides is 1. The average molecular weight is 238 g/mol. The van der Waals surface area contributed by atoms with E-state index in [4.69, 9.17) is 0 Å². The maximum absolute atomic E-state index is 12.1. The summed E-state index contributed by atoms with van der Waals surface area (Å²) in [4.78, 5) is 16.5. The highest BCUT2D eigenvalue weighted by molar-refractivity contribution is 5.80. The van der Waals surface area contributed by atoms with Crippen LogP contribution in [-0.2, 0) is 4.79 Å². The molecule has 0 aromatic heterocycles. The highest BCUT2D eigenvalue weighted by Gasteiger charge is 2.51. The molecule has 2 fully saturated rings. The highest BCUT2D eigenvalue weighted by Crippen LogP contribution is 2.46. The van der Waals surface area contributed by atoms with Gasteiger partial charge in [-0.25, -0.2) is 0 Å². The molecule has 2 rings (SSSR count). The molecule has 98 valence electrons. The lowest BCUT2D eigenvalue weighted by Crippen LogP contribution is -2.39. The molecule has 3 heteroatoms. The molecule has 0 N–H and O–H groups in total. The lowest BCUT2D eigenvalue weighted by molar-refractivity contribution is -0.130. The second kappa shape index (κ2) is 4.60. The Morgan fingerprint density at radius 1 is 1.41 bits per heavy atom. The van der Waals surface area contributed by atoms with Crippen molar-refractivity contribution in [1.82, 2.24) is 9.80 Å². The molecule has 4 atom stereocenters. The van der Waals surface area contributed by atoms with Crippen molar-refractivity contribution < 1.29 is 4.79 Å². The second-order valence-corrected chi connectivity index (χ2v) is 6.47. The summed E-state index contributed by atoms with van der Waals surface area (Å²) in [7, 11) is 4.27. The van der Waals surface area contributed by atoms with Gasteiger partial charge in [-0.2, -0.15) is 0 Å². The van der Waals surface area contributed by atoms with Gasteiger partial charge in [-0.1, -0.05) is 6.92 Å². The van der Waals surface area contributed by atoms with E-state index in [0.29, 0.717) is 29.8 Å². The van der Waals surface area contributed by atoms with Crippen LogP contribution in [-0.4, -0.2) is 48.4 Å². The van der Waals surface area contributed by atoms with E-state index in [9.17, 15) is 4.79 Å². The molecule has 2 aliphatic rings. The first-order valence-electron chi connectivity index (χ1n) is 6.87. The van der Waals surface area contributed by atoms with Gasteiger partial charge in [0.1, 0.15) is 0 Å². The van der Waals surface area contributed by atoms with Gasteiger partial charge in [0.15, 0.2) is 0 Å². The van der Waals surface area contributed by atoms with E-state index in [2.05, 4.69) is 44.7 Å². The fourth-order valence-electron chi connectivity index (χ4n) is 3.94. The lowest BCUT2D eigenvalue weighted by Gasteiger charge is -2.28. The van der Waals surface area contributed by atoms with Gasteiger partial charge in [0.05, 0.1) is 0 Å². The summed E-state index contributed by atoms with van der Waals surface area (Å²) in [6, 6.07) is 0.880. The molecular formula is C14H26N2O. The molecular weight excluding hydrogens is 212 g/mol. The second-order valence-electron chi connectivity index (χ2n) is 6.47. The molecule has 0 bridgehead atoms. The average Bonchev–Trinajstić information content (AvgIpc) is 2.63. The Bertz CT molecular complexity index is 301. The van der Waals surface area contributed by atoms with Crippen molar-refractivity contribution in [3.63, 3.8) is 0 Å². The summed E-state index contributed by atoms with van der Waals surface area (Å²) in [6.07, 6.45) is 1.98. The van der Waals surface area contributed by atoms with Crippen molar-refractivity contribution in [2.24, 2.45) is 17.8 Å². The summed E-state index contributed by atoms with van der Waals surface area (Å²) in [6.45, 7) is 7.77. The minimum atomic E-state index is 0.364. The van der Waals surface area contributed by atoms with Crippen LogP contribution in [0.4, 0.5) is 0 Å². The Hall–Kier alpha value is -0.570. The Kier molecular flexibility index (Phi) is 3.48. The first-order valence-corrected chi connectivity index (χ1v) is 6.87. The molecule has 1 heterocycles. The summed E-state index contributed by atoms with van der Waals surface area (Å²) in [5.74, 6) is 2.43. The van der Waals surface area contributed by atoms with E-state index in [1.54, 1.807) is 0 Å². The molecule has 1 aliphatic heterocycles. The molecule has 0 aromatic carbocycles. The zero-order valence-corrected chi connectivity index (χ0v) is 11.8. The number of fused-ring (bicyclic) bond motifs is 1. The molecule has 0 spiro atoms. The van der Waals surface area contributed by atoms with E-state index < -0.39 is 0 Å². The zero-order valence-electron chi connectivity index (χ0n) is 11.8. The Morgan fingerprint density at radius 2 is 2.06 bits per heavy atom. The van der Waals surface area contributed by atoms with Gasteiger partial charge >= 0.3 is 0 Å². The largest absolute Gasteiger partial charge is 0.337 e. The SMILES string of the molecule is CC(C)N1C(=O)C[C@H]2[C@H](CN(C)C)[C@@H](C)C[C@H]21. The Balaban J connectivity index is 2.14. The molecule has 1 aliphatic carbocycles. The Morgan fingerprint density at radius 3 is 2.59 bits per heavy atom. The van der Waals surface area contributed by atoms with Crippen LogP contribution < -0.4 is 0 Å². The monoisotopic (exact) mass is 238 g/mol. The maximum Gasteiger partial charge on any atom is 0.223 e. The summed E-state index contributed by atoms with van der Waals surface area (Å²) in [5, 5.41) is 0. The quantitative estimate of drug-likeness (QED) is 0.749. The number of likely N-dealkylation sites (tertiary alicyclic amines) is 1. The number of hydrogen-bond donors (Lipinski definition) is 0. The molecule has 0 radical (unpaired) electrons. The number of hydrogen-bond acceptors (Lipinski definition) is 2. The fraction of sp³-hybridized carbons (Fsp3) is 0.929. The smallest absolute Gasteiger partial charge is 0.223 e. The number of carbonyl (C=O) groups excluding carboxylic acids is 1. The van der Waals surface area contributed by atoms with Gasteiger partial charge in [0, 0.05) is 25.0 Å². The molecule has 0 unspecified atom stereocenters. The van der Waals surface area contributed by atoms with E-state index in [0.717, 1.165) is 18.9 Å². The molecule has 0 aromatic rings. The molecule has 1 saturated carbocycles. The number of carbonyl (C=O) groups is 1. The van der Waals surface area contributed by atoms with Crippen LogP contribution in [0.5, 0.6) is 0 Å².